The van der Waals surface area contributed by atoms with E-state index < -0.39 is 5.60 Å². The van der Waals surface area contributed by atoms with Crippen LogP contribution < -0.4 is 5.32 Å². The van der Waals surface area contributed by atoms with Crippen LogP contribution in [0.25, 0.3) is 10.2 Å². The van der Waals surface area contributed by atoms with Gasteiger partial charge in [-0.15, -0.1) is 11.3 Å². The number of thiophene rings is 1. The fraction of sp³-hybridized carbons (Fsp3) is 0.696. The molecule has 30 heavy (non-hydrogen) atoms. The van der Waals surface area contributed by atoms with E-state index in [1.807, 2.05) is 39.2 Å². The molecule has 2 aliphatic carbocycles. The highest BCUT2D eigenvalue weighted by Crippen LogP contribution is 2.46. The fourth-order valence-electron chi connectivity index (χ4n) is 4.87. The lowest BCUT2D eigenvalue weighted by atomic mass is 9.90. The minimum Gasteiger partial charge on any atom is -0.444 e. The summed E-state index contributed by atoms with van der Waals surface area (Å²) in [4.78, 5) is 26.0. The molecule has 0 unspecified atom stereocenters. The normalized spacial score (nSPS) is 24.0. The monoisotopic (exact) mass is 430 g/mol. The van der Waals surface area contributed by atoms with Crippen LogP contribution in [0.1, 0.15) is 82.6 Å². The molecule has 2 aromatic rings. The van der Waals surface area contributed by atoms with Crippen molar-refractivity contribution in [2.45, 2.75) is 96.2 Å². The molecular weight excluding hydrogens is 396 g/mol. The molecule has 0 bridgehead atoms. The third-order valence-electron chi connectivity index (χ3n) is 6.49. The van der Waals surface area contributed by atoms with Crippen molar-refractivity contribution >= 4 is 33.5 Å². The summed E-state index contributed by atoms with van der Waals surface area (Å²) >= 11 is 1.84. The molecule has 1 N–H and O–H groups in total. The van der Waals surface area contributed by atoms with Crippen LogP contribution >= 0.6 is 11.3 Å². The third kappa shape index (κ3) is 4.27. The van der Waals surface area contributed by atoms with Crippen LogP contribution in [0.3, 0.4) is 0 Å². The van der Waals surface area contributed by atoms with Crippen molar-refractivity contribution in [1.82, 2.24) is 14.9 Å². The number of fused-ring (bicyclic) bond motifs is 3. The number of nitrogens with zero attached hydrogens (tertiary/aromatic N) is 3. The molecule has 1 fully saturated rings. The minimum absolute atomic E-state index is 0.226. The maximum absolute atomic E-state index is 12.4. The molecule has 1 saturated carbocycles. The van der Waals surface area contributed by atoms with Gasteiger partial charge in [-0.1, -0.05) is 6.92 Å². The smallest absolute Gasteiger partial charge is 0.410 e. The number of amides is 1. The Morgan fingerprint density at radius 3 is 2.63 bits per heavy atom. The average molecular weight is 431 g/mol. The lowest BCUT2D eigenvalue weighted by molar-refractivity contribution is 0.0185. The average Bonchev–Trinajstić information content (AvgIpc) is 3.26. The van der Waals surface area contributed by atoms with Gasteiger partial charge >= 0.3 is 6.09 Å². The van der Waals surface area contributed by atoms with Gasteiger partial charge in [-0.25, -0.2) is 14.8 Å². The van der Waals surface area contributed by atoms with Gasteiger partial charge in [0.15, 0.2) is 0 Å². The van der Waals surface area contributed by atoms with Crippen molar-refractivity contribution < 1.29 is 9.53 Å². The molecule has 1 amide bonds. The van der Waals surface area contributed by atoms with Crippen molar-refractivity contribution in [1.29, 1.82) is 0 Å². The van der Waals surface area contributed by atoms with Crippen molar-refractivity contribution in [3.05, 3.63) is 16.8 Å². The summed E-state index contributed by atoms with van der Waals surface area (Å²) in [7, 11) is 1.86. The Hall–Kier alpha value is -1.89. The molecule has 0 saturated heterocycles. The zero-order valence-electron chi connectivity index (χ0n) is 18.8. The number of aromatic nitrogens is 2. The lowest BCUT2D eigenvalue weighted by Gasteiger charge is -2.36. The highest BCUT2D eigenvalue weighted by Gasteiger charge is 2.31. The number of carbonyl (C=O) groups is 1. The van der Waals surface area contributed by atoms with Gasteiger partial charge in [0.25, 0.3) is 0 Å². The van der Waals surface area contributed by atoms with E-state index in [9.17, 15) is 4.79 Å². The lowest BCUT2D eigenvalue weighted by Crippen LogP contribution is -2.43. The zero-order chi connectivity index (χ0) is 21.5. The van der Waals surface area contributed by atoms with Crippen LogP contribution in [-0.2, 0) is 11.2 Å². The van der Waals surface area contributed by atoms with Crippen molar-refractivity contribution in [3.63, 3.8) is 0 Å². The van der Waals surface area contributed by atoms with E-state index in [2.05, 4.69) is 22.2 Å². The summed E-state index contributed by atoms with van der Waals surface area (Å²) in [6.07, 6.45) is 9.06. The number of hydrogen-bond donors (Lipinski definition) is 1. The molecule has 164 valence electrons. The van der Waals surface area contributed by atoms with E-state index in [4.69, 9.17) is 4.74 Å². The second-order valence-corrected chi connectivity index (χ2v) is 10.8. The fourth-order valence-corrected chi connectivity index (χ4v) is 6.11. The molecule has 7 heteroatoms. The summed E-state index contributed by atoms with van der Waals surface area (Å²) in [5.74, 6) is 1.64. The quantitative estimate of drug-likeness (QED) is 0.672. The summed E-state index contributed by atoms with van der Waals surface area (Å²) in [6.45, 7) is 8.01. The number of nitrogens with one attached hydrogen (secondary N) is 1. The first kappa shape index (κ1) is 21.3. The van der Waals surface area contributed by atoms with Crippen molar-refractivity contribution in [3.8, 4) is 0 Å². The Morgan fingerprint density at radius 2 is 1.97 bits per heavy atom. The van der Waals surface area contributed by atoms with Gasteiger partial charge in [0, 0.05) is 24.0 Å². The molecule has 2 aromatic heterocycles. The Labute approximate surface area is 183 Å². The third-order valence-corrected chi connectivity index (χ3v) is 7.66. The highest BCUT2D eigenvalue weighted by atomic mass is 32.1. The maximum Gasteiger partial charge on any atom is 0.410 e. The minimum atomic E-state index is -0.459. The predicted molar refractivity (Wildman–Crippen MR) is 122 cm³/mol. The van der Waals surface area contributed by atoms with Crippen LogP contribution in [0, 0.1) is 0 Å². The molecular formula is C23H34N4O2S. The Kier molecular flexibility index (Phi) is 5.93. The maximum atomic E-state index is 12.4. The van der Waals surface area contributed by atoms with E-state index in [0.29, 0.717) is 12.0 Å². The van der Waals surface area contributed by atoms with Crippen molar-refractivity contribution in [2.75, 3.05) is 12.4 Å². The summed E-state index contributed by atoms with van der Waals surface area (Å²) in [6, 6.07) is 0.613. The number of rotatable bonds is 4. The van der Waals surface area contributed by atoms with Gasteiger partial charge in [-0.2, -0.15) is 0 Å². The molecule has 4 rings (SSSR count). The Balaban J connectivity index is 1.43. The number of ether oxygens (including phenoxy) is 1. The van der Waals surface area contributed by atoms with Gasteiger partial charge in [0.2, 0.25) is 0 Å². The van der Waals surface area contributed by atoms with Crippen molar-refractivity contribution in [2.24, 2.45) is 0 Å². The molecule has 2 heterocycles. The number of carbonyl (C=O) groups excluding carboxylic acids is 1. The molecule has 2 aliphatic rings. The predicted octanol–water partition coefficient (Wildman–Crippen LogP) is 5.72. The van der Waals surface area contributed by atoms with Crippen LogP contribution in [0.2, 0.25) is 0 Å². The first-order valence-corrected chi connectivity index (χ1v) is 12.1. The summed E-state index contributed by atoms with van der Waals surface area (Å²) in [5, 5.41) is 4.99. The topological polar surface area (TPSA) is 67.4 Å². The number of anilines is 1. The number of aryl methyl sites for hydroxylation is 1. The molecule has 1 atom stereocenters. The van der Waals surface area contributed by atoms with Crippen LogP contribution in [0.5, 0.6) is 0 Å². The highest BCUT2D eigenvalue weighted by molar-refractivity contribution is 7.19. The van der Waals surface area contributed by atoms with E-state index >= 15 is 0 Å². The molecule has 0 aromatic carbocycles. The second kappa shape index (κ2) is 8.33. The van der Waals surface area contributed by atoms with Gasteiger partial charge in [-0.05, 0) is 77.2 Å². The molecule has 6 nitrogen and oxygen atoms in total. The van der Waals surface area contributed by atoms with E-state index in [-0.39, 0.29) is 12.1 Å². The van der Waals surface area contributed by atoms with Crippen LogP contribution in [0.4, 0.5) is 10.6 Å². The van der Waals surface area contributed by atoms with Gasteiger partial charge in [0.05, 0.1) is 5.39 Å². The standard InChI is InChI=1S/C23H34N4O2S/c1-6-14-7-12-17-18(14)19-20(24-13-25-21(19)30-17)26-15-8-10-16(11-9-15)27(5)22(28)29-23(2,3)4/h13-16H,6-12H2,1-5H3,(H,24,25,26)/t14-,15-,16-/m0/s1. The first-order valence-electron chi connectivity index (χ1n) is 11.3. The van der Waals surface area contributed by atoms with Gasteiger partial charge in [0.1, 0.15) is 22.6 Å². The van der Waals surface area contributed by atoms with E-state index in [1.54, 1.807) is 11.2 Å². The van der Waals surface area contributed by atoms with Gasteiger partial charge in [-0.3, -0.25) is 0 Å². The second-order valence-electron chi connectivity index (χ2n) is 9.73. The van der Waals surface area contributed by atoms with Gasteiger partial charge < -0.3 is 15.0 Å². The summed E-state index contributed by atoms with van der Waals surface area (Å²) < 4.78 is 5.53. The SMILES string of the molecule is CC[C@H]1CCc2sc3ncnc(N[C@H]4CC[C@H](N(C)C(=O)OC(C)(C)C)CC4)c3c21. The molecule has 0 radical (unpaired) electrons. The Bertz CT molecular complexity index is 912. The zero-order valence-corrected chi connectivity index (χ0v) is 19.6. The Morgan fingerprint density at radius 1 is 1.23 bits per heavy atom. The van der Waals surface area contributed by atoms with Crippen LogP contribution in [-0.4, -0.2) is 45.7 Å². The number of hydrogen-bond acceptors (Lipinski definition) is 6. The first-order chi connectivity index (χ1) is 14.3. The molecule has 0 spiro atoms. The molecule has 0 aliphatic heterocycles. The van der Waals surface area contributed by atoms with E-state index in [1.165, 1.54) is 35.1 Å². The van der Waals surface area contributed by atoms with Crippen LogP contribution in [0.15, 0.2) is 6.33 Å². The largest absolute Gasteiger partial charge is 0.444 e. The van der Waals surface area contributed by atoms with E-state index in [0.717, 1.165) is 36.3 Å². The summed E-state index contributed by atoms with van der Waals surface area (Å²) in [5.41, 5.74) is 1.04.